The van der Waals surface area contributed by atoms with Crippen LogP contribution in [0.3, 0.4) is 0 Å². The van der Waals surface area contributed by atoms with Gasteiger partial charge in [0.25, 0.3) is 5.91 Å². The highest BCUT2D eigenvalue weighted by Gasteiger charge is 2.22. The third-order valence-corrected chi connectivity index (χ3v) is 8.23. The van der Waals surface area contributed by atoms with Crippen molar-refractivity contribution in [1.82, 2.24) is 0 Å². The van der Waals surface area contributed by atoms with Gasteiger partial charge in [0.15, 0.2) is 0 Å². The second-order valence-corrected chi connectivity index (χ2v) is 10.9. The molecule has 1 unspecified atom stereocenters. The minimum Gasteiger partial charge on any atom is -0.322 e. The number of halogens is 2. The van der Waals surface area contributed by atoms with Crippen molar-refractivity contribution in [3.63, 3.8) is 0 Å². The molecule has 2 N–H and O–H groups in total. The number of carbonyl (C=O) groups excluding carboxylic acids is 2. The van der Waals surface area contributed by atoms with E-state index in [4.69, 9.17) is 23.2 Å². The maximum Gasteiger partial charge on any atom is 0.257 e. The Bertz CT molecular complexity index is 1480. The van der Waals surface area contributed by atoms with Gasteiger partial charge in [-0.2, -0.15) is 5.26 Å². The topological polar surface area (TPSA) is 82.0 Å². The molecule has 0 fully saturated rings. The molecule has 37 heavy (non-hydrogen) atoms. The molecule has 1 atom stereocenters. The average molecular weight is 567 g/mol. The van der Waals surface area contributed by atoms with Crippen molar-refractivity contribution in [2.24, 2.45) is 0 Å². The molecule has 1 aromatic heterocycles. The van der Waals surface area contributed by atoms with Crippen molar-refractivity contribution in [3.8, 4) is 17.2 Å². The molecule has 0 aliphatic rings. The summed E-state index contributed by atoms with van der Waals surface area (Å²) in [5, 5.41) is 18.3. The second kappa shape index (κ2) is 12.3. The molecule has 0 radical (unpaired) electrons. The van der Waals surface area contributed by atoms with Gasteiger partial charge in [0.05, 0.1) is 21.4 Å². The summed E-state index contributed by atoms with van der Waals surface area (Å²) in [6, 6.07) is 23.8. The van der Waals surface area contributed by atoms with Crippen molar-refractivity contribution in [3.05, 3.63) is 99.3 Å². The second-order valence-electron chi connectivity index (χ2n) is 7.94. The lowest BCUT2D eigenvalue weighted by Gasteiger charge is -2.15. The molecule has 5 nitrogen and oxygen atoms in total. The summed E-state index contributed by atoms with van der Waals surface area (Å²) in [4.78, 5) is 26.6. The summed E-state index contributed by atoms with van der Waals surface area (Å²) in [6.07, 6.45) is 0.576. The number of thiophene rings is 1. The fourth-order valence-electron chi connectivity index (χ4n) is 3.59. The highest BCUT2D eigenvalue weighted by Crippen LogP contribution is 2.36. The fraction of sp³-hybridized carbons (Fsp3) is 0.107. The molecule has 1 heterocycles. The molecule has 0 spiro atoms. The van der Waals surface area contributed by atoms with E-state index in [9.17, 15) is 14.9 Å². The van der Waals surface area contributed by atoms with Crippen LogP contribution >= 0.6 is 46.3 Å². The highest BCUT2D eigenvalue weighted by atomic mass is 35.5. The molecular formula is C28H21Cl2N3O2S2. The summed E-state index contributed by atoms with van der Waals surface area (Å²) >= 11 is 14.8. The van der Waals surface area contributed by atoms with E-state index in [0.717, 1.165) is 16.0 Å². The normalized spacial score (nSPS) is 11.4. The zero-order valence-electron chi connectivity index (χ0n) is 19.6. The number of benzene rings is 3. The Balaban J connectivity index is 1.46. The minimum absolute atomic E-state index is 0.187. The summed E-state index contributed by atoms with van der Waals surface area (Å²) in [5.74, 6) is -0.544. The number of hydrogen-bond acceptors (Lipinski definition) is 5. The Morgan fingerprint density at radius 2 is 1.81 bits per heavy atom. The summed E-state index contributed by atoms with van der Waals surface area (Å²) in [6.45, 7) is 1.93. The minimum atomic E-state index is -0.398. The van der Waals surface area contributed by atoms with Crippen molar-refractivity contribution in [2.75, 3.05) is 10.6 Å². The molecular weight excluding hydrogens is 545 g/mol. The van der Waals surface area contributed by atoms with Gasteiger partial charge in [-0.25, -0.2) is 0 Å². The molecule has 0 bridgehead atoms. The van der Waals surface area contributed by atoms with Crippen LogP contribution < -0.4 is 10.6 Å². The van der Waals surface area contributed by atoms with E-state index in [1.54, 1.807) is 18.2 Å². The van der Waals surface area contributed by atoms with Crippen molar-refractivity contribution < 1.29 is 9.59 Å². The molecule has 4 aromatic rings. The summed E-state index contributed by atoms with van der Waals surface area (Å²) in [5.41, 5.74) is 3.07. The maximum absolute atomic E-state index is 13.1. The zero-order valence-corrected chi connectivity index (χ0v) is 22.8. The van der Waals surface area contributed by atoms with Gasteiger partial charge in [0.1, 0.15) is 11.1 Å². The van der Waals surface area contributed by atoms with Gasteiger partial charge in [0, 0.05) is 26.5 Å². The van der Waals surface area contributed by atoms with E-state index in [1.807, 2.05) is 60.8 Å². The van der Waals surface area contributed by atoms with Crippen LogP contribution in [0.25, 0.3) is 11.1 Å². The summed E-state index contributed by atoms with van der Waals surface area (Å²) < 4.78 is 0. The predicted molar refractivity (Wildman–Crippen MR) is 154 cm³/mol. The number of nitrogens with one attached hydrogen (secondary N) is 2. The van der Waals surface area contributed by atoms with Crippen LogP contribution in [0.2, 0.25) is 10.0 Å². The lowest BCUT2D eigenvalue weighted by atomic mass is 10.1. The standard InChI is InChI=1S/C28H21Cl2N3O2S2/c1-2-25(27(35)33-28-22(15-31)23(16-36-28)17-7-4-3-5-8-17)37-20-10-6-9-19(14-20)32-26(34)21-12-11-18(29)13-24(21)30/h3-14,16,25H,2H2,1H3,(H,32,34)(H,33,35). The first kappa shape index (κ1) is 26.8. The largest absolute Gasteiger partial charge is 0.322 e. The first-order valence-electron chi connectivity index (χ1n) is 11.3. The first-order chi connectivity index (χ1) is 17.9. The van der Waals surface area contributed by atoms with E-state index in [0.29, 0.717) is 33.3 Å². The molecule has 0 saturated heterocycles. The van der Waals surface area contributed by atoms with Crippen LogP contribution in [0.5, 0.6) is 0 Å². The van der Waals surface area contributed by atoms with Crippen molar-refractivity contribution in [1.29, 1.82) is 5.26 Å². The van der Waals surface area contributed by atoms with Crippen LogP contribution in [0.1, 0.15) is 29.3 Å². The van der Waals surface area contributed by atoms with E-state index < -0.39 is 5.25 Å². The molecule has 2 amide bonds. The van der Waals surface area contributed by atoms with Crippen LogP contribution in [-0.4, -0.2) is 17.1 Å². The number of anilines is 2. The number of nitrogens with zero attached hydrogens (tertiary/aromatic N) is 1. The number of rotatable bonds is 8. The van der Waals surface area contributed by atoms with Crippen LogP contribution in [0, 0.1) is 11.3 Å². The van der Waals surface area contributed by atoms with Crippen LogP contribution in [0.15, 0.2) is 83.1 Å². The molecule has 0 saturated carbocycles. The molecule has 9 heteroatoms. The van der Waals surface area contributed by atoms with Crippen molar-refractivity contribution in [2.45, 2.75) is 23.5 Å². The van der Waals surface area contributed by atoms with Gasteiger partial charge in [-0.3, -0.25) is 9.59 Å². The number of hydrogen-bond donors (Lipinski definition) is 2. The third-order valence-electron chi connectivity index (χ3n) is 5.43. The number of carbonyl (C=O) groups is 2. The van der Waals surface area contributed by atoms with Gasteiger partial charge < -0.3 is 10.6 Å². The number of thioether (sulfide) groups is 1. The van der Waals surface area contributed by atoms with Gasteiger partial charge in [0.2, 0.25) is 5.91 Å². The Morgan fingerprint density at radius 1 is 1.03 bits per heavy atom. The van der Waals surface area contributed by atoms with Crippen LogP contribution in [-0.2, 0) is 4.79 Å². The molecule has 4 rings (SSSR count). The van der Waals surface area contributed by atoms with E-state index >= 15 is 0 Å². The Hall–Kier alpha value is -3.28. The van der Waals surface area contributed by atoms with Gasteiger partial charge in [-0.1, -0.05) is 66.5 Å². The van der Waals surface area contributed by atoms with Crippen molar-refractivity contribution >= 4 is 68.8 Å². The van der Waals surface area contributed by atoms with Gasteiger partial charge >= 0.3 is 0 Å². The first-order valence-corrected chi connectivity index (χ1v) is 13.8. The Morgan fingerprint density at radius 3 is 2.51 bits per heavy atom. The third kappa shape index (κ3) is 6.54. The number of nitriles is 1. The van der Waals surface area contributed by atoms with Crippen LogP contribution in [0.4, 0.5) is 10.7 Å². The lowest BCUT2D eigenvalue weighted by molar-refractivity contribution is -0.115. The smallest absolute Gasteiger partial charge is 0.257 e. The monoisotopic (exact) mass is 565 g/mol. The Kier molecular flexibility index (Phi) is 8.91. The van der Waals surface area contributed by atoms with E-state index in [2.05, 4.69) is 16.7 Å². The van der Waals surface area contributed by atoms with E-state index in [-0.39, 0.29) is 16.8 Å². The van der Waals surface area contributed by atoms with E-state index in [1.165, 1.54) is 29.2 Å². The molecule has 186 valence electrons. The summed E-state index contributed by atoms with van der Waals surface area (Å²) in [7, 11) is 0. The zero-order chi connectivity index (χ0) is 26.4. The highest BCUT2D eigenvalue weighted by molar-refractivity contribution is 8.00. The molecule has 3 aromatic carbocycles. The molecule has 0 aliphatic carbocycles. The van der Waals surface area contributed by atoms with Gasteiger partial charge in [-0.15, -0.1) is 23.1 Å². The lowest BCUT2D eigenvalue weighted by Crippen LogP contribution is -2.24. The maximum atomic E-state index is 13.1. The number of amides is 2. The fourth-order valence-corrected chi connectivity index (χ4v) is 6.02. The quantitative estimate of drug-likeness (QED) is 0.210. The van der Waals surface area contributed by atoms with Gasteiger partial charge in [-0.05, 0) is 48.4 Å². The average Bonchev–Trinajstić information content (AvgIpc) is 3.30. The SMILES string of the molecule is CCC(Sc1cccc(NC(=O)c2ccc(Cl)cc2Cl)c1)C(=O)Nc1scc(-c2ccccc2)c1C#N. The molecule has 0 aliphatic heterocycles. The predicted octanol–water partition coefficient (Wildman–Crippen LogP) is 8.36. The Labute approximate surface area is 233 Å².